The summed E-state index contributed by atoms with van der Waals surface area (Å²) in [5.41, 5.74) is 0. The third kappa shape index (κ3) is 5.71. The van der Waals surface area contributed by atoms with E-state index < -0.39 is 0 Å². The van der Waals surface area contributed by atoms with Crippen molar-refractivity contribution < 1.29 is 0 Å². The third-order valence-electron chi connectivity index (χ3n) is 4.70. The molecule has 1 saturated heterocycles. The molecule has 18 heavy (non-hydrogen) atoms. The van der Waals surface area contributed by atoms with E-state index in [1.165, 1.54) is 38.9 Å². The van der Waals surface area contributed by atoms with E-state index in [-0.39, 0.29) is 0 Å². The summed E-state index contributed by atoms with van der Waals surface area (Å²) in [4.78, 5) is 2.66. The molecular weight excluding hydrogens is 220 g/mol. The number of likely N-dealkylation sites (tertiary alicyclic amines) is 1. The highest BCUT2D eigenvalue weighted by Crippen LogP contribution is 2.24. The Labute approximate surface area is 115 Å². The summed E-state index contributed by atoms with van der Waals surface area (Å²) in [6.07, 6.45) is 4.23. The number of nitrogens with zero attached hydrogens (tertiary/aromatic N) is 1. The average Bonchev–Trinajstić information content (AvgIpc) is 2.54. The van der Waals surface area contributed by atoms with Crippen LogP contribution in [0.5, 0.6) is 0 Å². The molecule has 0 spiro atoms. The lowest BCUT2D eigenvalue weighted by Crippen LogP contribution is -2.38. The number of rotatable bonds is 6. The van der Waals surface area contributed by atoms with Crippen molar-refractivity contribution in [2.75, 3.05) is 26.2 Å². The molecular formula is C16H34N2. The zero-order valence-electron chi connectivity index (χ0n) is 13.2. The molecule has 1 heterocycles. The summed E-state index contributed by atoms with van der Waals surface area (Å²) < 4.78 is 0. The molecule has 2 atom stereocenters. The van der Waals surface area contributed by atoms with E-state index in [2.05, 4.69) is 44.8 Å². The normalized spacial score (nSPS) is 24.5. The summed E-state index contributed by atoms with van der Waals surface area (Å²) >= 11 is 0. The van der Waals surface area contributed by atoms with E-state index in [0.29, 0.717) is 6.04 Å². The Hall–Kier alpha value is -0.0800. The second-order valence-electron chi connectivity index (χ2n) is 6.76. The zero-order valence-corrected chi connectivity index (χ0v) is 13.2. The predicted octanol–water partition coefficient (Wildman–Crippen LogP) is 3.38. The molecule has 1 aliphatic heterocycles. The number of nitrogens with one attached hydrogen (secondary N) is 1. The lowest BCUT2D eigenvalue weighted by atomic mass is 9.89. The maximum Gasteiger partial charge on any atom is 0.0107 e. The molecule has 1 fully saturated rings. The van der Waals surface area contributed by atoms with Gasteiger partial charge in [-0.3, -0.25) is 0 Å². The fourth-order valence-corrected chi connectivity index (χ4v) is 2.76. The fraction of sp³-hybridized carbons (Fsp3) is 1.00. The van der Waals surface area contributed by atoms with Gasteiger partial charge in [-0.15, -0.1) is 0 Å². The smallest absolute Gasteiger partial charge is 0.0107 e. The van der Waals surface area contributed by atoms with Crippen LogP contribution in [-0.4, -0.2) is 37.1 Å². The maximum absolute atomic E-state index is 3.64. The van der Waals surface area contributed by atoms with E-state index in [1.807, 2.05) is 0 Å². The van der Waals surface area contributed by atoms with Crippen LogP contribution in [0.25, 0.3) is 0 Å². The highest BCUT2D eigenvalue weighted by molar-refractivity contribution is 4.73. The molecule has 2 nitrogen and oxygen atoms in total. The Bertz CT molecular complexity index is 213. The van der Waals surface area contributed by atoms with E-state index in [9.17, 15) is 0 Å². The summed E-state index contributed by atoms with van der Waals surface area (Å²) in [6, 6.07) is 0.639. The molecule has 2 heteroatoms. The fourth-order valence-electron chi connectivity index (χ4n) is 2.76. The van der Waals surface area contributed by atoms with Crippen molar-refractivity contribution in [3.63, 3.8) is 0 Å². The first kappa shape index (κ1) is 16.0. The minimum atomic E-state index is 0.639. The minimum Gasteiger partial charge on any atom is -0.313 e. The molecule has 108 valence electrons. The van der Waals surface area contributed by atoms with Gasteiger partial charge in [-0.05, 0) is 57.0 Å². The van der Waals surface area contributed by atoms with Gasteiger partial charge in [0.1, 0.15) is 0 Å². The van der Waals surface area contributed by atoms with Gasteiger partial charge in [-0.1, -0.05) is 27.7 Å². The predicted molar refractivity (Wildman–Crippen MR) is 80.9 cm³/mol. The molecule has 1 rings (SSSR count). The maximum atomic E-state index is 3.64. The van der Waals surface area contributed by atoms with Crippen LogP contribution in [0.2, 0.25) is 0 Å². The Kier molecular flexibility index (Phi) is 7.25. The zero-order chi connectivity index (χ0) is 13.5. The van der Waals surface area contributed by atoms with Crippen LogP contribution in [0.1, 0.15) is 53.9 Å². The van der Waals surface area contributed by atoms with E-state index in [4.69, 9.17) is 0 Å². The SMILES string of the molecule is CC(C)C1CCCN(CCNC(C)C(C)C)CC1. The van der Waals surface area contributed by atoms with Crippen molar-refractivity contribution in [1.82, 2.24) is 10.2 Å². The Morgan fingerprint density at radius 1 is 1.06 bits per heavy atom. The van der Waals surface area contributed by atoms with Gasteiger partial charge < -0.3 is 10.2 Å². The molecule has 2 unspecified atom stereocenters. The molecule has 0 saturated carbocycles. The highest BCUT2D eigenvalue weighted by atomic mass is 15.1. The lowest BCUT2D eigenvalue weighted by Gasteiger charge is -2.23. The monoisotopic (exact) mass is 254 g/mol. The third-order valence-corrected chi connectivity index (χ3v) is 4.70. The van der Waals surface area contributed by atoms with Gasteiger partial charge in [0, 0.05) is 19.1 Å². The van der Waals surface area contributed by atoms with E-state index >= 15 is 0 Å². The van der Waals surface area contributed by atoms with Gasteiger partial charge in [0.05, 0.1) is 0 Å². The summed E-state index contributed by atoms with van der Waals surface area (Å²) in [6.45, 7) is 16.6. The van der Waals surface area contributed by atoms with E-state index in [1.54, 1.807) is 0 Å². The van der Waals surface area contributed by atoms with Crippen LogP contribution in [0.15, 0.2) is 0 Å². The van der Waals surface area contributed by atoms with Crippen molar-refractivity contribution in [1.29, 1.82) is 0 Å². The molecule has 1 aliphatic rings. The van der Waals surface area contributed by atoms with Crippen LogP contribution in [0, 0.1) is 17.8 Å². The Morgan fingerprint density at radius 3 is 2.39 bits per heavy atom. The van der Waals surface area contributed by atoms with Crippen molar-refractivity contribution >= 4 is 0 Å². The molecule has 0 amide bonds. The molecule has 0 aliphatic carbocycles. The summed E-state index contributed by atoms with van der Waals surface area (Å²) in [5, 5.41) is 3.64. The van der Waals surface area contributed by atoms with Gasteiger partial charge in [-0.25, -0.2) is 0 Å². The van der Waals surface area contributed by atoms with Crippen molar-refractivity contribution in [3.8, 4) is 0 Å². The quantitative estimate of drug-likeness (QED) is 0.782. The van der Waals surface area contributed by atoms with Gasteiger partial charge in [-0.2, -0.15) is 0 Å². The summed E-state index contributed by atoms with van der Waals surface area (Å²) in [5.74, 6) is 2.56. The van der Waals surface area contributed by atoms with Gasteiger partial charge in [0.2, 0.25) is 0 Å². The first-order valence-electron chi connectivity index (χ1n) is 7.96. The highest BCUT2D eigenvalue weighted by Gasteiger charge is 2.19. The largest absolute Gasteiger partial charge is 0.313 e. The van der Waals surface area contributed by atoms with Gasteiger partial charge in [0.25, 0.3) is 0 Å². The van der Waals surface area contributed by atoms with Crippen molar-refractivity contribution in [2.24, 2.45) is 17.8 Å². The molecule has 1 N–H and O–H groups in total. The van der Waals surface area contributed by atoms with Gasteiger partial charge in [0.15, 0.2) is 0 Å². The topological polar surface area (TPSA) is 15.3 Å². The number of hydrogen-bond acceptors (Lipinski definition) is 2. The Balaban J connectivity index is 2.19. The molecule has 0 aromatic carbocycles. The average molecular weight is 254 g/mol. The molecule has 0 radical (unpaired) electrons. The van der Waals surface area contributed by atoms with Gasteiger partial charge >= 0.3 is 0 Å². The first-order chi connectivity index (χ1) is 8.50. The summed E-state index contributed by atoms with van der Waals surface area (Å²) in [7, 11) is 0. The van der Waals surface area contributed by atoms with Crippen LogP contribution in [-0.2, 0) is 0 Å². The Morgan fingerprint density at radius 2 is 1.78 bits per heavy atom. The van der Waals surface area contributed by atoms with E-state index in [0.717, 1.165) is 24.3 Å². The van der Waals surface area contributed by atoms with Crippen molar-refractivity contribution in [3.05, 3.63) is 0 Å². The van der Waals surface area contributed by atoms with Crippen LogP contribution in [0.3, 0.4) is 0 Å². The first-order valence-corrected chi connectivity index (χ1v) is 7.96. The minimum absolute atomic E-state index is 0.639. The van der Waals surface area contributed by atoms with Crippen LogP contribution < -0.4 is 5.32 Å². The molecule has 0 aromatic heterocycles. The van der Waals surface area contributed by atoms with Crippen LogP contribution >= 0.6 is 0 Å². The standard InChI is InChI=1S/C16H34N2/c1-13(2)15(5)17-9-12-18-10-6-7-16(8-11-18)14(3)4/h13-17H,6-12H2,1-5H3. The number of hydrogen-bond donors (Lipinski definition) is 1. The molecule has 0 aromatic rings. The van der Waals surface area contributed by atoms with Crippen LogP contribution in [0.4, 0.5) is 0 Å². The van der Waals surface area contributed by atoms with Crippen molar-refractivity contribution in [2.45, 2.75) is 59.9 Å². The second-order valence-corrected chi connectivity index (χ2v) is 6.76. The molecule has 0 bridgehead atoms. The second kappa shape index (κ2) is 8.16. The lowest BCUT2D eigenvalue weighted by molar-refractivity contribution is 0.264.